The van der Waals surface area contributed by atoms with Crippen LogP contribution in [0.1, 0.15) is 19.4 Å². The van der Waals surface area contributed by atoms with Crippen molar-refractivity contribution in [3.63, 3.8) is 0 Å². The second kappa shape index (κ2) is 9.57. The molecule has 5 rings (SSSR count). The number of nitriles is 1. The van der Waals surface area contributed by atoms with Gasteiger partial charge in [0, 0.05) is 31.3 Å². The van der Waals surface area contributed by atoms with E-state index in [1.165, 1.54) is 7.11 Å². The van der Waals surface area contributed by atoms with E-state index in [-0.39, 0.29) is 18.2 Å². The summed E-state index contributed by atoms with van der Waals surface area (Å²) in [5.41, 5.74) is 5.10. The largest absolute Gasteiger partial charge is 0.375 e. The first-order valence-corrected chi connectivity index (χ1v) is 12.0. The molecule has 0 aliphatic rings. The first-order valence-electron chi connectivity index (χ1n) is 12.0. The number of ether oxygens (including phenoxy) is 1. The van der Waals surface area contributed by atoms with Crippen molar-refractivity contribution in [1.29, 1.82) is 5.26 Å². The van der Waals surface area contributed by atoms with Crippen LogP contribution in [0.25, 0.3) is 38.8 Å². The number of carbonyl (C=O) groups is 1. The lowest BCUT2D eigenvalue weighted by atomic mass is 9.86. The molecule has 38 heavy (non-hydrogen) atoms. The van der Waals surface area contributed by atoms with E-state index in [0.717, 1.165) is 33.1 Å². The van der Waals surface area contributed by atoms with Crippen molar-refractivity contribution < 1.29 is 9.53 Å². The number of hydrogen-bond acceptors (Lipinski definition) is 6. The molecular weight excluding hydrogens is 480 g/mol. The van der Waals surface area contributed by atoms with Gasteiger partial charge in [0.25, 0.3) is 0 Å². The summed E-state index contributed by atoms with van der Waals surface area (Å²) in [5.74, 6) is -0.270. The summed E-state index contributed by atoms with van der Waals surface area (Å²) in [4.78, 5) is 34.2. The van der Waals surface area contributed by atoms with Gasteiger partial charge in [-0.15, -0.1) is 0 Å². The SMILES string of the molecule is COCC(=O)Nc1cncc(-c2ccc3ncc4c(c3c2)n(-c2ccc(C(C)(C)C#N)cc2)c(=O)n4C)c1. The number of nitrogens with zero attached hydrogens (tertiary/aromatic N) is 5. The first-order chi connectivity index (χ1) is 18.2. The second-order valence-electron chi connectivity index (χ2n) is 9.63. The van der Waals surface area contributed by atoms with E-state index >= 15 is 0 Å². The van der Waals surface area contributed by atoms with Gasteiger partial charge in [-0.2, -0.15) is 5.26 Å². The molecule has 0 saturated carbocycles. The molecule has 0 fully saturated rings. The van der Waals surface area contributed by atoms with Gasteiger partial charge in [0.1, 0.15) is 6.61 Å². The fraction of sp³-hybridized carbons (Fsp3) is 0.207. The van der Waals surface area contributed by atoms with Crippen molar-refractivity contribution in [2.75, 3.05) is 19.0 Å². The van der Waals surface area contributed by atoms with Gasteiger partial charge < -0.3 is 10.1 Å². The van der Waals surface area contributed by atoms with Crippen molar-refractivity contribution in [3.8, 4) is 22.9 Å². The van der Waals surface area contributed by atoms with E-state index in [1.54, 1.807) is 34.8 Å². The van der Waals surface area contributed by atoms with Crippen LogP contribution in [-0.2, 0) is 22.0 Å². The van der Waals surface area contributed by atoms with Crippen LogP contribution in [0, 0.1) is 11.3 Å². The summed E-state index contributed by atoms with van der Waals surface area (Å²) in [6.45, 7) is 3.67. The minimum absolute atomic E-state index is 0.0512. The van der Waals surface area contributed by atoms with Gasteiger partial charge in [0.2, 0.25) is 5.91 Å². The number of carbonyl (C=O) groups excluding carboxylic acids is 1. The molecule has 190 valence electrons. The Hall–Kier alpha value is -4.81. The third-order valence-corrected chi connectivity index (χ3v) is 6.64. The zero-order chi connectivity index (χ0) is 27.0. The summed E-state index contributed by atoms with van der Waals surface area (Å²) in [6.07, 6.45) is 4.99. The van der Waals surface area contributed by atoms with Crippen molar-refractivity contribution in [2.24, 2.45) is 7.05 Å². The number of methoxy groups -OCH3 is 1. The predicted octanol–water partition coefficient (Wildman–Crippen LogP) is 4.33. The van der Waals surface area contributed by atoms with Gasteiger partial charge in [-0.1, -0.05) is 18.2 Å². The first kappa shape index (κ1) is 24.9. The van der Waals surface area contributed by atoms with E-state index in [9.17, 15) is 14.9 Å². The lowest BCUT2D eigenvalue weighted by molar-refractivity contribution is -0.119. The lowest BCUT2D eigenvalue weighted by Gasteiger charge is -2.16. The van der Waals surface area contributed by atoms with Gasteiger partial charge in [-0.25, -0.2) is 4.79 Å². The molecule has 9 nitrogen and oxygen atoms in total. The molecule has 5 aromatic rings. The number of fused-ring (bicyclic) bond motifs is 3. The number of amides is 1. The molecule has 0 aliphatic heterocycles. The highest BCUT2D eigenvalue weighted by molar-refractivity contribution is 6.04. The normalized spacial score (nSPS) is 11.6. The molecule has 3 heterocycles. The van der Waals surface area contributed by atoms with Gasteiger partial charge in [0.15, 0.2) is 0 Å². The van der Waals surface area contributed by atoms with Gasteiger partial charge in [-0.3, -0.25) is 23.9 Å². The molecule has 0 aliphatic carbocycles. The molecule has 9 heteroatoms. The Bertz CT molecular complexity index is 1790. The van der Waals surface area contributed by atoms with E-state index in [0.29, 0.717) is 16.9 Å². The minimum atomic E-state index is -0.640. The van der Waals surface area contributed by atoms with Crippen LogP contribution >= 0.6 is 0 Å². The van der Waals surface area contributed by atoms with Crippen LogP contribution in [0.5, 0.6) is 0 Å². The van der Waals surface area contributed by atoms with Crippen molar-refractivity contribution >= 4 is 33.5 Å². The fourth-order valence-electron chi connectivity index (χ4n) is 4.50. The van der Waals surface area contributed by atoms with Crippen molar-refractivity contribution in [2.45, 2.75) is 19.3 Å². The van der Waals surface area contributed by atoms with E-state index in [4.69, 9.17) is 4.74 Å². The molecule has 0 saturated heterocycles. The quantitative estimate of drug-likeness (QED) is 0.367. The fourth-order valence-corrected chi connectivity index (χ4v) is 4.50. The molecule has 0 atom stereocenters. The Morgan fingerprint density at radius 2 is 1.84 bits per heavy atom. The average molecular weight is 507 g/mol. The summed E-state index contributed by atoms with van der Waals surface area (Å²) in [5, 5.41) is 13.1. The number of nitrogens with one attached hydrogen (secondary N) is 1. The minimum Gasteiger partial charge on any atom is -0.375 e. The lowest BCUT2D eigenvalue weighted by Crippen LogP contribution is -2.21. The topological polar surface area (TPSA) is 115 Å². The Labute approximate surface area is 218 Å². The van der Waals surface area contributed by atoms with Crippen LogP contribution in [0.2, 0.25) is 0 Å². The molecule has 1 N–H and O–H groups in total. The molecule has 1 amide bonds. The number of imidazole rings is 1. The summed E-state index contributed by atoms with van der Waals surface area (Å²) < 4.78 is 8.14. The highest BCUT2D eigenvalue weighted by Gasteiger charge is 2.21. The number of anilines is 1. The Kier molecular flexibility index (Phi) is 6.27. The Balaban J connectivity index is 1.67. The van der Waals surface area contributed by atoms with Crippen LogP contribution in [0.15, 0.2) is 71.9 Å². The summed E-state index contributed by atoms with van der Waals surface area (Å²) in [7, 11) is 3.19. The average Bonchev–Trinajstić information content (AvgIpc) is 3.18. The van der Waals surface area contributed by atoms with Crippen molar-refractivity contribution in [1.82, 2.24) is 19.1 Å². The number of hydrogen-bond donors (Lipinski definition) is 1. The zero-order valence-electron chi connectivity index (χ0n) is 21.5. The highest BCUT2D eigenvalue weighted by atomic mass is 16.5. The highest BCUT2D eigenvalue weighted by Crippen LogP contribution is 2.31. The smallest absolute Gasteiger partial charge is 0.333 e. The maximum atomic E-state index is 13.4. The number of pyridine rings is 2. The number of benzene rings is 2. The standard InChI is InChI=1S/C29H26N6O3/c1-29(2,17-30)20-6-8-22(9-7-20)35-27-23-12-18(5-10-24(23)32-15-25(27)34(3)28(35)37)19-11-21(14-31-13-19)33-26(36)16-38-4/h5-15H,16H2,1-4H3,(H,33,36). The maximum Gasteiger partial charge on any atom is 0.333 e. The number of rotatable bonds is 6. The van der Waals surface area contributed by atoms with E-state index < -0.39 is 5.41 Å². The second-order valence-corrected chi connectivity index (χ2v) is 9.63. The molecule has 0 bridgehead atoms. The monoisotopic (exact) mass is 506 g/mol. The molecule has 3 aromatic heterocycles. The zero-order valence-corrected chi connectivity index (χ0v) is 21.5. The number of aryl methyl sites for hydroxylation is 1. The summed E-state index contributed by atoms with van der Waals surface area (Å²) in [6, 6.07) is 17.5. The summed E-state index contributed by atoms with van der Waals surface area (Å²) >= 11 is 0. The van der Waals surface area contributed by atoms with E-state index in [2.05, 4.69) is 21.4 Å². The number of aromatic nitrogens is 4. The van der Waals surface area contributed by atoms with Crippen LogP contribution in [-0.4, -0.2) is 38.7 Å². The third kappa shape index (κ3) is 4.31. The maximum absolute atomic E-state index is 13.4. The Morgan fingerprint density at radius 3 is 2.55 bits per heavy atom. The van der Waals surface area contributed by atoms with Gasteiger partial charge in [0.05, 0.1) is 51.8 Å². The Morgan fingerprint density at radius 1 is 1.08 bits per heavy atom. The van der Waals surface area contributed by atoms with E-state index in [1.807, 2.05) is 62.4 Å². The molecular formula is C29H26N6O3. The van der Waals surface area contributed by atoms with Crippen LogP contribution < -0.4 is 11.0 Å². The third-order valence-electron chi connectivity index (χ3n) is 6.64. The molecule has 0 radical (unpaired) electrons. The van der Waals surface area contributed by atoms with Crippen LogP contribution in [0.3, 0.4) is 0 Å². The van der Waals surface area contributed by atoms with Crippen molar-refractivity contribution in [3.05, 3.63) is 83.2 Å². The molecule has 2 aromatic carbocycles. The predicted molar refractivity (Wildman–Crippen MR) is 146 cm³/mol. The van der Waals surface area contributed by atoms with Gasteiger partial charge >= 0.3 is 5.69 Å². The molecule has 0 spiro atoms. The van der Waals surface area contributed by atoms with Gasteiger partial charge in [-0.05, 0) is 55.3 Å². The van der Waals surface area contributed by atoms with Crippen LogP contribution in [0.4, 0.5) is 5.69 Å². The molecule has 0 unspecified atom stereocenters.